The van der Waals surface area contributed by atoms with E-state index in [2.05, 4.69) is 52.6 Å². The van der Waals surface area contributed by atoms with Gasteiger partial charge in [-0.3, -0.25) is 0 Å². The van der Waals surface area contributed by atoms with E-state index in [0.717, 1.165) is 0 Å². The summed E-state index contributed by atoms with van der Waals surface area (Å²) in [6, 6.07) is 0. The van der Waals surface area contributed by atoms with E-state index >= 15 is 0 Å². The number of hydrogen-bond donors (Lipinski definition) is 0. The monoisotopic (exact) mass is 242 g/mol. The molecule has 0 saturated carbocycles. The highest BCUT2D eigenvalue weighted by Gasteiger charge is 2.13. The lowest BCUT2D eigenvalue weighted by atomic mass is 10.1. The average Bonchev–Trinajstić information content (AvgIpc) is 1.64. The van der Waals surface area contributed by atoms with Gasteiger partial charge >= 0.3 is 0 Å². The van der Waals surface area contributed by atoms with E-state index in [0.29, 0.717) is 15.6 Å². The zero-order chi connectivity index (χ0) is 6.73. The first-order valence-corrected chi connectivity index (χ1v) is 4.67. The lowest BCUT2D eigenvalue weighted by Gasteiger charge is -2.15. The van der Waals surface area contributed by atoms with E-state index in [9.17, 15) is 0 Å². The molecule has 0 bridgehead atoms. The molecule has 2 atom stereocenters. The molecule has 0 aliphatic heterocycles. The van der Waals surface area contributed by atoms with Crippen LogP contribution in [0.2, 0.25) is 0 Å². The topological polar surface area (TPSA) is 0 Å². The quantitative estimate of drug-likeness (QED) is 0.654. The molecule has 0 aromatic rings. The Bertz CT molecular complexity index is 51.5. The SMILES string of the molecule is CC(C)[C@@H](Br)[C@@H](C)Br. The Labute approximate surface area is 68.3 Å². The molecule has 0 aromatic heterocycles. The summed E-state index contributed by atoms with van der Waals surface area (Å²) >= 11 is 7.05. The fraction of sp³-hybridized carbons (Fsp3) is 1.00. The summed E-state index contributed by atoms with van der Waals surface area (Å²) in [5.41, 5.74) is 0. The second kappa shape index (κ2) is 3.89. The van der Waals surface area contributed by atoms with E-state index in [1.807, 2.05) is 0 Å². The van der Waals surface area contributed by atoms with Gasteiger partial charge in [0, 0.05) is 9.65 Å². The number of rotatable bonds is 2. The van der Waals surface area contributed by atoms with Gasteiger partial charge in [-0.25, -0.2) is 0 Å². The third-order valence-electron chi connectivity index (χ3n) is 1.08. The zero-order valence-electron chi connectivity index (χ0n) is 5.49. The second-order valence-corrected chi connectivity index (χ2v) is 4.87. The molecule has 8 heavy (non-hydrogen) atoms. The number of hydrogen-bond acceptors (Lipinski definition) is 0. The smallest absolute Gasteiger partial charge is 0.0291 e. The van der Waals surface area contributed by atoms with Crippen LogP contribution in [0.4, 0.5) is 0 Å². The summed E-state index contributed by atoms with van der Waals surface area (Å²) in [6.07, 6.45) is 0. The third-order valence-corrected chi connectivity index (χ3v) is 4.20. The molecule has 0 radical (unpaired) electrons. The van der Waals surface area contributed by atoms with Crippen LogP contribution in [-0.4, -0.2) is 9.65 Å². The molecule has 0 N–H and O–H groups in total. The highest BCUT2D eigenvalue weighted by molar-refractivity contribution is 9.12. The van der Waals surface area contributed by atoms with Crippen molar-refractivity contribution in [1.29, 1.82) is 0 Å². The summed E-state index contributed by atoms with van der Waals surface area (Å²) in [5.74, 6) is 0.712. The van der Waals surface area contributed by atoms with Gasteiger partial charge in [0.25, 0.3) is 0 Å². The first-order valence-electron chi connectivity index (χ1n) is 2.84. The van der Waals surface area contributed by atoms with Crippen LogP contribution in [0.5, 0.6) is 0 Å². The fourth-order valence-corrected chi connectivity index (χ4v) is 1.14. The molecule has 0 rings (SSSR count). The van der Waals surface area contributed by atoms with Gasteiger partial charge < -0.3 is 0 Å². The van der Waals surface area contributed by atoms with Gasteiger partial charge in [-0.1, -0.05) is 52.6 Å². The molecule has 0 aromatic carbocycles. The maximum absolute atomic E-state index is 3.56. The molecule has 0 heterocycles. The van der Waals surface area contributed by atoms with E-state index in [1.165, 1.54) is 0 Å². The minimum Gasteiger partial charge on any atom is -0.0881 e. The largest absolute Gasteiger partial charge is 0.0881 e. The van der Waals surface area contributed by atoms with Gasteiger partial charge in [-0.15, -0.1) is 0 Å². The maximum Gasteiger partial charge on any atom is 0.0291 e. The van der Waals surface area contributed by atoms with Crippen LogP contribution in [-0.2, 0) is 0 Å². The van der Waals surface area contributed by atoms with E-state index in [-0.39, 0.29) is 0 Å². The predicted molar refractivity (Wildman–Crippen MR) is 45.9 cm³/mol. The standard InChI is InChI=1S/C6H12Br2/c1-4(2)6(8)5(3)7/h4-6H,1-3H3/t5-,6-/m1/s1. The van der Waals surface area contributed by atoms with Gasteiger partial charge in [0.15, 0.2) is 0 Å². The second-order valence-electron chi connectivity index (χ2n) is 2.37. The van der Waals surface area contributed by atoms with Crippen molar-refractivity contribution in [2.24, 2.45) is 5.92 Å². The van der Waals surface area contributed by atoms with Gasteiger partial charge in [-0.05, 0) is 5.92 Å². The van der Waals surface area contributed by atoms with Crippen molar-refractivity contribution in [1.82, 2.24) is 0 Å². The highest BCUT2D eigenvalue weighted by atomic mass is 79.9. The van der Waals surface area contributed by atoms with Crippen molar-refractivity contribution in [3.05, 3.63) is 0 Å². The lowest BCUT2D eigenvalue weighted by molar-refractivity contribution is 0.615. The molecular weight excluding hydrogens is 232 g/mol. The van der Waals surface area contributed by atoms with E-state index < -0.39 is 0 Å². The highest BCUT2D eigenvalue weighted by Crippen LogP contribution is 2.20. The van der Waals surface area contributed by atoms with Crippen LogP contribution in [0.3, 0.4) is 0 Å². The Balaban J connectivity index is 3.46. The Hall–Kier alpha value is 0.960. The van der Waals surface area contributed by atoms with Crippen molar-refractivity contribution in [3.63, 3.8) is 0 Å². The van der Waals surface area contributed by atoms with Crippen molar-refractivity contribution >= 4 is 31.9 Å². The molecule has 0 amide bonds. The van der Waals surface area contributed by atoms with Crippen LogP contribution in [0.25, 0.3) is 0 Å². The lowest BCUT2D eigenvalue weighted by Crippen LogP contribution is -2.16. The minimum absolute atomic E-state index is 0.572. The van der Waals surface area contributed by atoms with Gasteiger partial charge in [0.1, 0.15) is 0 Å². The maximum atomic E-state index is 3.56. The molecule has 2 heteroatoms. The molecule has 0 aliphatic carbocycles. The fourth-order valence-electron chi connectivity index (χ4n) is 0.530. The first-order chi connectivity index (χ1) is 3.55. The molecule has 0 aliphatic rings. The summed E-state index contributed by atoms with van der Waals surface area (Å²) in [7, 11) is 0. The van der Waals surface area contributed by atoms with Crippen LogP contribution in [0.15, 0.2) is 0 Å². The Morgan fingerprint density at radius 3 is 1.38 bits per heavy atom. The number of alkyl halides is 2. The molecule has 50 valence electrons. The van der Waals surface area contributed by atoms with Gasteiger partial charge in [0.2, 0.25) is 0 Å². The molecule has 0 spiro atoms. The van der Waals surface area contributed by atoms with E-state index in [1.54, 1.807) is 0 Å². The third kappa shape index (κ3) is 3.08. The summed E-state index contributed by atoms with van der Waals surface area (Å²) in [4.78, 5) is 1.17. The van der Waals surface area contributed by atoms with Crippen molar-refractivity contribution < 1.29 is 0 Å². The van der Waals surface area contributed by atoms with Crippen molar-refractivity contribution in [2.75, 3.05) is 0 Å². The van der Waals surface area contributed by atoms with Crippen LogP contribution in [0.1, 0.15) is 20.8 Å². The van der Waals surface area contributed by atoms with Crippen LogP contribution in [0, 0.1) is 5.92 Å². The predicted octanol–water partition coefficient (Wildman–Crippen LogP) is 3.19. The minimum atomic E-state index is 0.572. The number of halogens is 2. The summed E-state index contributed by atoms with van der Waals surface area (Å²) in [5, 5.41) is 0. The van der Waals surface area contributed by atoms with E-state index in [4.69, 9.17) is 0 Å². The molecule has 0 unspecified atom stereocenters. The molecular formula is C6H12Br2. The molecule has 0 fully saturated rings. The van der Waals surface area contributed by atoms with Crippen molar-refractivity contribution in [3.8, 4) is 0 Å². The summed E-state index contributed by atoms with van der Waals surface area (Å²) < 4.78 is 0. The van der Waals surface area contributed by atoms with Gasteiger partial charge in [-0.2, -0.15) is 0 Å². The molecule has 0 nitrogen and oxygen atoms in total. The molecule has 0 saturated heterocycles. The van der Waals surface area contributed by atoms with Crippen LogP contribution >= 0.6 is 31.9 Å². The average molecular weight is 244 g/mol. The first kappa shape index (κ1) is 8.96. The Morgan fingerprint density at radius 1 is 1.00 bits per heavy atom. The Kier molecular flexibility index (Phi) is 4.35. The zero-order valence-corrected chi connectivity index (χ0v) is 8.66. The van der Waals surface area contributed by atoms with Crippen LogP contribution < -0.4 is 0 Å². The van der Waals surface area contributed by atoms with Crippen molar-refractivity contribution in [2.45, 2.75) is 30.4 Å². The van der Waals surface area contributed by atoms with Gasteiger partial charge in [0.05, 0.1) is 0 Å². The summed E-state index contributed by atoms with van der Waals surface area (Å²) in [6.45, 7) is 6.56. The normalized spacial score (nSPS) is 18.8. The Morgan fingerprint density at radius 2 is 1.38 bits per heavy atom.